The molecule has 0 radical (unpaired) electrons. The standard InChI is InChI=1S/C13H10FN3O3/c1-8-2-3-11(17(19)20)10(6-8)16-13(18)9-4-5-15-12(14)7-9/h2-7H,1H3,(H,16,18). The zero-order valence-corrected chi connectivity index (χ0v) is 10.5. The maximum Gasteiger partial charge on any atom is 0.292 e. The van der Waals surface area contributed by atoms with Crippen LogP contribution in [0.3, 0.4) is 0 Å². The molecule has 1 aromatic carbocycles. The normalized spacial score (nSPS) is 10.1. The molecule has 0 aliphatic rings. The van der Waals surface area contributed by atoms with Crippen LogP contribution < -0.4 is 5.32 Å². The van der Waals surface area contributed by atoms with Crippen LogP contribution in [-0.4, -0.2) is 15.8 Å². The van der Waals surface area contributed by atoms with E-state index in [4.69, 9.17) is 0 Å². The molecular formula is C13H10FN3O3. The van der Waals surface area contributed by atoms with Crippen LogP contribution in [0.15, 0.2) is 36.5 Å². The summed E-state index contributed by atoms with van der Waals surface area (Å²) in [5.74, 6) is -1.43. The smallest absolute Gasteiger partial charge is 0.292 e. The highest BCUT2D eigenvalue weighted by Gasteiger charge is 2.16. The molecule has 0 saturated heterocycles. The topological polar surface area (TPSA) is 85.1 Å². The predicted molar refractivity (Wildman–Crippen MR) is 70.0 cm³/mol. The zero-order valence-electron chi connectivity index (χ0n) is 10.5. The van der Waals surface area contributed by atoms with E-state index in [1.165, 1.54) is 18.2 Å². The number of nitro benzene ring substituents is 1. The van der Waals surface area contributed by atoms with Crippen molar-refractivity contribution in [2.75, 3.05) is 5.32 Å². The zero-order chi connectivity index (χ0) is 14.7. The maximum absolute atomic E-state index is 12.9. The number of hydrogen-bond acceptors (Lipinski definition) is 4. The predicted octanol–water partition coefficient (Wildman–Crippen LogP) is 2.69. The highest BCUT2D eigenvalue weighted by molar-refractivity contribution is 6.05. The van der Waals surface area contributed by atoms with Gasteiger partial charge in [-0.3, -0.25) is 14.9 Å². The van der Waals surface area contributed by atoms with Gasteiger partial charge in [-0.1, -0.05) is 6.07 Å². The first-order valence-corrected chi connectivity index (χ1v) is 5.65. The number of anilines is 1. The van der Waals surface area contributed by atoms with Crippen molar-refractivity contribution in [2.45, 2.75) is 6.92 Å². The highest BCUT2D eigenvalue weighted by atomic mass is 19.1. The Bertz CT molecular complexity index is 688. The number of halogens is 1. The maximum atomic E-state index is 12.9. The van der Waals surface area contributed by atoms with Gasteiger partial charge in [-0.2, -0.15) is 4.39 Å². The third kappa shape index (κ3) is 2.94. The molecule has 1 amide bonds. The second-order valence-electron chi connectivity index (χ2n) is 4.10. The molecule has 1 heterocycles. The summed E-state index contributed by atoms with van der Waals surface area (Å²) >= 11 is 0. The molecule has 0 saturated carbocycles. The van der Waals surface area contributed by atoms with E-state index < -0.39 is 16.8 Å². The van der Waals surface area contributed by atoms with E-state index in [-0.39, 0.29) is 16.9 Å². The van der Waals surface area contributed by atoms with Gasteiger partial charge in [0.15, 0.2) is 0 Å². The molecule has 0 bridgehead atoms. The van der Waals surface area contributed by atoms with E-state index >= 15 is 0 Å². The average Bonchev–Trinajstić information content (AvgIpc) is 2.38. The second-order valence-corrected chi connectivity index (χ2v) is 4.10. The largest absolute Gasteiger partial charge is 0.316 e. The molecule has 2 aromatic rings. The molecule has 6 nitrogen and oxygen atoms in total. The summed E-state index contributed by atoms with van der Waals surface area (Å²) in [6.07, 6.45) is 1.15. The lowest BCUT2D eigenvalue weighted by molar-refractivity contribution is -0.383. The second kappa shape index (κ2) is 5.43. The van der Waals surface area contributed by atoms with E-state index in [2.05, 4.69) is 10.3 Å². The summed E-state index contributed by atoms with van der Waals surface area (Å²) < 4.78 is 12.9. The van der Waals surface area contributed by atoms with Crippen molar-refractivity contribution in [2.24, 2.45) is 0 Å². The minimum atomic E-state index is -0.795. The van der Waals surface area contributed by atoms with Crippen LogP contribution in [0, 0.1) is 23.0 Å². The van der Waals surface area contributed by atoms with Crippen LogP contribution in [0.2, 0.25) is 0 Å². The minimum Gasteiger partial charge on any atom is -0.316 e. The van der Waals surface area contributed by atoms with E-state index in [0.29, 0.717) is 0 Å². The number of aromatic nitrogens is 1. The van der Waals surface area contributed by atoms with Gasteiger partial charge in [0, 0.05) is 23.9 Å². The number of nitro groups is 1. The molecule has 1 N–H and O–H groups in total. The number of carbonyl (C=O) groups excluding carboxylic acids is 1. The minimum absolute atomic E-state index is 0.0355. The van der Waals surface area contributed by atoms with Crippen molar-refractivity contribution in [3.8, 4) is 0 Å². The molecule has 0 atom stereocenters. The number of amides is 1. The van der Waals surface area contributed by atoms with Gasteiger partial charge in [0.05, 0.1) is 4.92 Å². The fourth-order valence-corrected chi connectivity index (χ4v) is 1.65. The molecule has 1 aromatic heterocycles. The van der Waals surface area contributed by atoms with Gasteiger partial charge in [0.1, 0.15) is 5.69 Å². The van der Waals surface area contributed by atoms with Crippen molar-refractivity contribution in [1.82, 2.24) is 4.98 Å². The number of benzene rings is 1. The van der Waals surface area contributed by atoms with Crippen LogP contribution >= 0.6 is 0 Å². The molecular weight excluding hydrogens is 265 g/mol. The molecule has 7 heteroatoms. The molecule has 0 aliphatic heterocycles. The molecule has 0 unspecified atom stereocenters. The van der Waals surface area contributed by atoms with Gasteiger partial charge in [-0.15, -0.1) is 0 Å². The molecule has 0 aliphatic carbocycles. The Morgan fingerprint density at radius 2 is 2.10 bits per heavy atom. The molecule has 0 fully saturated rings. The summed E-state index contributed by atoms with van der Waals surface area (Å²) in [5, 5.41) is 13.3. The number of nitrogens with zero attached hydrogens (tertiary/aromatic N) is 2. The van der Waals surface area contributed by atoms with E-state index in [1.807, 2.05) is 0 Å². The molecule has 20 heavy (non-hydrogen) atoms. The lowest BCUT2D eigenvalue weighted by Crippen LogP contribution is -2.13. The Labute approximate surface area is 113 Å². The number of rotatable bonds is 3. The van der Waals surface area contributed by atoms with E-state index in [1.54, 1.807) is 13.0 Å². The Balaban J connectivity index is 2.32. The fourth-order valence-electron chi connectivity index (χ4n) is 1.65. The SMILES string of the molecule is Cc1ccc([N+](=O)[O-])c(NC(=O)c2ccnc(F)c2)c1. The van der Waals surface area contributed by atoms with Crippen LogP contribution in [-0.2, 0) is 0 Å². The summed E-state index contributed by atoms with van der Waals surface area (Å²) in [5.41, 5.74) is 0.635. The van der Waals surface area contributed by atoms with Crippen molar-refractivity contribution < 1.29 is 14.1 Å². The van der Waals surface area contributed by atoms with Crippen LogP contribution in [0.4, 0.5) is 15.8 Å². The van der Waals surface area contributed by atoms with Gasteiger partial charge < -0.3 is 5.32 Å². The molecule has 102 valence electrons. The molecule has 2 rings (SSSR count). The third-order valence-electron chi connectivity index (χ3n) is 2.59. The Morgan fingerprint density at radius 3 is 2.75 bits per heavy atom. The van der Waals surface area contributed by atoms with Gasteiger partial charge in [-0.05, 0) is 24.6 Å². The van der Waals surface area contributed by atoms with Gasteiger partial charge >= 0.3 is 0 Å². The summed E-state index contributed by atoms with van der Waals surface area (Å²) in [7, 11) is 0. The Morgan fingerprint density at radius 1 is 1.35 bits per heavy atom. The number of carbonyl (C=O) groups is 1. The number of nitrogens with one attached hydrogen (secondary N) is 1. The van der Waals surface area contributed by atoms with Gasteiger partial charge in [0.25, 0.3) is 11.6 Å². The van der Waals surface area contributed by atoms with E-state index in [0.717, 1.165) is 17.8 Å². The first kappa shape index (κ1) is 13.6. The summed E-state index contributed by atoms with van der Waals surface area (Å²) in [6, 6.07) is 6.63. The van der Waals surface area contributed by atoms with Crippen molar-refractivity contribution in [1.29, 1.82) is 0 Å². The van der Waals surface area contributed by atoms with E-state index in [9.17, 15) is 19.3 Å². The van der Waals surface area contributed by atoms with Gasteiger partial charge in [0.2, 0.25) is 5.95 Å². The van der Waals surface area contributed by atoms with Crippen LogP contribution in [0.1, 0.15) is 15.9 Å². The van der Waals surface area contributed by atoms with Crippen LogP contribution in [0.25, 0.3) is 0 Å². The third-order valence-corrected chi connectivity index (χ3v) is 2.59. The Kier molecular flexibility index (Phi) is 3.69. The summed E-state index contributed by atoms with van der Waals surface area (Å²) in [4.78, 5) is 25.6. The lowest BCUT2D eigenvalue weighted by Gasteiger charge is -2.07. The average molecular weight is 275 g/mol. The van der Waals surface area contributed by atoms with Crippen molar-refractivity contribution in [3.05, 3.63) is 63.7 Å². The lowest BCUT2D eigenvalue weighted by atomic mass is 10.1. The van der Waals surface area contributed by atoms with Gasteiger partial charge in [-0.25, -0.2) is 4.98 Å². The van der Waals surface area contributed by atoms with Crippen molar-refractivity contribution >= 4 is 17.3 Å². The van der Waals surface area contributed by atoms with Crippen LogP contribution in [0.5, 0.6) is 0 Å². The number of hydrogen-bond donors (Lipinski definition) is 1. The highest BCUT2D eigenvalue weighted by Crippen LogP contribution is 2.25. The summed E-state index contributed by atoms with van der Waals surface area (Å²) in [6.45, 7) is 1.74. The fraction of sp³-hybridized carbons (Fsp3) is 0.0769. The molecule has 0 spiro atoms. The first-order valence-electron chi connectivity index (χ1n) is 5.65. The number of pyridine rings is 1. The monoisotopic (exact) mass is 275 g/mol. The Hall–Kier alpha value is -2.83. The quantitative estimate of drug-likeness (QED) is 0.530. The first-order chi connectivity index (χ1) is 9.47. The number of aryl methyl sites for hydroxylation is 1. The van der Waals surface area contributed by atoms with Crippen molar-refractivity contribution in [3.63, 3.8) is 0 Å².